The molecule has 68 valence electrons. The van der Waals surface area contributed by atoms with Crippen molar-refractivity contribution in [3.8, 4) is 5.75 Å². The van der Waals surface area contributed by atoms with Gasteiger partial charge in [-0.1, -0.05) is 24.3 Å². The Morgan fingerprint density at radius 1 is 1.38 bits per heavy atom. The molecule has 0 bridgehead atoms. The lowest BCUT2D eigenvalue weighted by Gasteiger charge is -2.01. The predicted molar refractivity (Wildman–Crippen MR) is 48.0 cm³/mol. The van der Waals surface area contributed by atoms with Gasteiger partial charge in [0, 0.05) is 0 Å². The van der Waals surface area contributed by atoms with Crippen molar-refractivity contribution in [3.05, 3.63) is 43.0 Å². The summed E-state index contributed by atoms with van der Waals surface area (Å²) in [5.74, 6) is 0.0405. The average molecular weight is 178 g/mol. The van der Waals surface area contributed by atoms with Gasteiger partial charge in [-0.05, 0) is 12.1 Å². The molecule has 0 aliphatic rings. The third-order valence-electron chi connectivity index (χ3n) is 1.29. The van der Waals surface area contributed by atoms with Crippen LogP contribution in [0.3, 0.4) is 0 Å². The van der Waals surface area contributed by atoms with Gasteiger partial charge in [-0.25, -0.2) is 4.79 Å². The van der Waals surface area contributed by atoms with E-state index in [0.717, 1.165) is 0 Å². The molecule has 0 radical (unpaired) electrons. The highest BCUT2D eigenvalue weighted by Crippen LogP contribution is 2.08. The Hall–Kier alpha value is -1.77. The molecule has 0 saturated carbocycles. The summed E-state index contributed by atoms with van der Waals surface area (Å²) in [6.45, 7) is 3.40. The Morgan fingerprint density at radius 2 is 2.08 bits per heavy atom. The first kappa shape index (κ1) is 9.32. The van der Waals surface area contributed by atoms with Crippen LogP contribution in [0.25, 0.3) is 0 Å². The van der Waals surface area contributed by atoms with Crippen LogP contribution in [0.1, 0.15) is 6.42 Å². The Bertz CT molecular complexity index is 279. The number of rotatable bonds is 4. The summed E-state index contributed by atoms with van der Waals surface area (Å²) in [4.78, 5) is 20.0. The minimum atomic E-state index is -0.459. The van der Waals surface area contributed by atoms with Crippen molar-refractivity contribution in [1.29, 1.82) is 0 Å². The minimum absolute atomic E-state index is 0.146. The van der Waals surface area contributed by atoms with E-state index in [1.165, 1.54) is 6.08 Å². The van der Waals surface area contributed by atoms with Gasteiger partial charge in [-0.2, -0.15) is 0 Å². The topological polar surface area (TPSA) is 35.5 Å². The van der Waals surface area contributed by atoms with Crippen molar-refractivity contribution >= 4 is 5.97 Å². The molecule has 0 spiro atoms. The van der Waals surface area contributed by atoms with Gasteiger partial charge in [-0.3, -0.25) is 9.78 Å². The smallest absolute Gasteiger partial charge is 0.287 e. The Labute approximate surface area is 76.5 Å². The van der Waals surface area contributed by atoms with E-state index in [1.54, 1.807) is 24.3 Å². The molecule has 0 N–H and O–H groups in total. The van der Waals surface area contributed by atoms with Crippen molar-refractivity contribution in [3.63, 3.8) is 0 Å². The second-order valence-corrected chi connectivity index (χ2v) is 2.34. The van der Waals surface area contributed by atoms with Crippen molar-refractivity contribution in [1.82, 2.24) is 0 Å². The fourth-order valence-electron chi connectivity index (χ4n) is 0.723. The van der Waals surface area contributed by atoms with E-state index in [-0.39, 0.29) is 6.42 Å². The van der Waals surface area contributed by atoms with Crippen LogP contribution in [0.15, 0.2) is 43.0 Å². The molecule has 0 unspecified atom stereocenters. The highest BCUT2D eigenvalue weighted by atomic mass is 17.2. The van der Waals surface area contributed by atoms with Crippen LogP contribution in [0, 0.1) is 0 Å². The van der Waals surface area contributed by atoms with Gasteiger partial charge in [0.05, 0.1) is 6.42 Å². The molecule has 0 amide bonds. The lowest BCUT2D eigenvalue weighted by atomic mass is 10.3. The van der Waals surface area contributed by atoms with Crippen LogP contribution in [-0.2, 0) is 9.68 Å². The van der Waals surface area contributed by atoms with Crippen LogP contribution < -0.4 is 4.89 Å². The van der Waals surface area contributed by atoms with E-state index in [4.69, 9.17) is 4.89 Å². The number of carbonyl (C=O) groups excluding carboxylic acids is 1. The molecule has 1 aromatic carbocycles. The van der Waals surface area contributed by atoms with Gasteiger partial charge in [0.1, 0.15) is 0 Å². The monoisotopic (exact) mass is 178 g/mol. The number of benzene rings is 1. The van der Waals surface area contributed by atoms with E-state index in [0.29, 0.717) is 5.75 Å². The van der Waals surface area contributed by atoms with Crippen molar-refractivity contribution in [2.75, 3.05) is 0 Å². The van der Waals surface area contributed by atoms with Crippen molar-refractivity contribution in [2.24, 2.45) is 0 Å². The number of carbonyl (C=O) groups is 1. The highest BCUT2D eigenvalue weighted by Gasteiger charge is 2.00. The fourth-order valence-corrected chi connectivity index (χ4v) is 0.723. The van der Waals surface area contributed by atoms with Crippen LogP contribution >= 0.6 is 0 Å². The van der Waals surface area contributed by atoms with E-state index in [9.17, 15) is 4.79 Å². The standard InChI is InChI=1S/C10H10O3/c1-2-6-10(11)13-12-9-7-4-3-5-8-9/h2-5,7-8H,1,6H2. The van der Waals surface area contributed by atoms with Gasteiger partial charge < -0.3 is 0 Å². The molecule has 0 aliphatic carbocycles. The minimum Gasteiger partial charge on any atom is -0.287 e. The van der Waals surface area contributed by atoms with E-state index < -0.39 is 5.97 Å². The molecular formula is C10H10O3. The largest absolute Gasteiger partial charge is 0.359 e. The molecule has 0 fully saturated rings. The number of hydrogen-bond acceptors (Lipinski definition) is 3. The number of hydrogen-bond donors (Lipinski definition) is 0. The average Bonchev–Trinajstić information content (AvgIpc) is 2.17. The maximum absolute atomic E-state index is 10.8. The number of para-hydroxylation sites is 1. The zero-order valence-corrected chi connectivity index (χ0v) is 7.10. The summed E-state index contributed by atoms with van der Waals surface area (Å²) in [7, 11) is 0. The molecule has 0 aromatic heterocycles. The maximum atomic E-state index is 10.8. The third-order valence-corrected chi connectivity index (χ3v) is 1.29. The third kappa shape index (κ3) is 3.42. The molecule has 13 heavy (non-hydrogen) atoms. The zero-order chi connectivity index (χ0) is 9.52. The molecule has 0 heterocycles. The highest BCUT2D eigenvalue weighted by molar-refractivity contribution is 5.70. The molecule has 0 saturated heterocycles. The van der Waals surface area contributed by atoms with Gasteiger partial charge >= 0.3 is 5.97 Å². The summed E-state index contributed by atoms with van der Waals surface area (Å²) < 4.78 is 0. The molecular weight excluding hydrogens is 168 g/mol. The lowest BCUT2D eigenvalue weighted by Crippen LogP contribution is -2.06. The molecule has 3 heteroatoms. The van der Waals surface area contributed by atoms with Gasteiger partial charge in [0.15, 0.2) is 5.75 Å². The molecule has 3 nitrogen and oxygen atoms in total. The summed E-state index contributed by atoms with van der Waals surface area (Å²) in [6, 6.07) is 8.81. The first-order valence-electron chi connectivity index (χ1n) is 3.86. The molecule has 0 aliphatic heterocycles. The summed E-state index contributed by atoms with van der Waals surface area (Å²) in [5, 5.41) is 0. The first-order valence-corrected chi connectivity index (χ1v) is 3.86. The van der Waals surface area contributed by atoms with Crippen LogP contribution in [0.5, 0.6) is 5.75 Å². The fraction of sp³-hybridized carbons (Fsp3) is 0.100. The summed E-state index contributed by atoms with van der Waals surface area (Å²) >= 11 is 0. The Morgan fingerprint density at radius 3 is 2.69 bits per heavy atom. The zero-order valence-electron chi connectivity index (χ0n) is 7.10. The predicted octanol–water partition coefficient (Wildman–Crippen LogP) is 2.10. The molecule has 0 atom stereocenters. The van der Waals surface area contributed by atoms with E-state index in [1.807, 2.05) is 6.07 Å². The maximum Gasteiger partial charge on any atom is 0.359 e. The van der Waals surface area contributed by atoms with Crippen LogP contribution in [0.2, 0.25) is 0 Å². The Kier molecular flexibility index (Phi) is 3.57. The van der Waals surface area contributed by atoms with Gasteiger partial charge in [-0.15, -0.1) is 6.58 Å². The van der Waals surface area contributed by atoms with Crippen molar-refractivity contribution in [2.45, 2.75) is 6.42 Å². The molecule has 1 rings (SSSR count). The van der Waals surface area contributed by atoms with Crippen molar-refractivity contribution < 1.29 is 14.6 Å². The van der Waals surface area contributed by atoms with E-state index >= 15 is 0 Å². The second kappa shape index (κ2) is 4.98. The SMILES string of the molecule is C=CCC(=O)OOc1ccccc1. The van der Waals surface area contributed by atoms with Crippen LogP contribution in [0.4, 0.5) is 0 Å². The van der Waals surface area contributed by atoms with Gasteiger partial charge in [0.2, 0.25) is 0 Å². The first-order chi connectivity index (χ1) is 6.33. The Balaban J connectivity index is 2.35. The summed E-state index contributed by atoms with van der Waals surface area (Å²) in [6.07, 6.45) is 1.60. The normalized spacial score (nSPS) is 8.92. The lowest BCUT2D eigenvalue weighted by molar-refractivity contribution is -0.212. The van der Waals surface area contributed by atoms with Crippen LogP contribution in [-0.4, -0.2) is 5.97 Å². The van der Waals surface area contributed by atoms with Gasteiger partial charge in [0.25, 0.3) is 0 Å². The molecule has 1 aromatic rings. The summed E-state index contributed by atoms with van der Waals surface area (Å²) in [5.41, 5.74) is 0. The van der Waals surface area contributed by atoms with E-state index in [2.05, 4.69) is 11.5 Å². The quantitative estimate of drug-likeness (QED) is 0.402. The second-order valence-electron chi connectivity index (χ2n) is 2.34.